The number of hydrogen-bond acceptors (Lipinski definition) is 1. The van der Waals surface area contributed by atoms with Crippen LogP contribution in [0.25, 0.3) is 11.1 Å². The predicted octanol–water partition coefficient (Wildman–Crippen LogP) is 3.73. The number of unbranched alkanes of at least 4 members (excludes halogenated alkanes) is 5. The molecular weight excluding hydrogens is 276 g/mol. The van der Waals surface area contributed by atoms with E-state index in [0.29, 0.717) is 0 Å². The monoisotopic (exact) mass is 302 g/mol. The molecule has 0 aliphatic rings. The fourth-order valence-electron chi connectivity index (χ4n) is 2.49. The highest BCUT2D eigenvalue weighted by Gasteiger charge is 2.03. The maximum absolute atomic E-state index is 4.24. The normalized spacial score (nSPS) is 10.7. The Balaban J connectivity index is 1.71. The lowest BCUT2D eigenvalue weighted by molar-refractivity contribution is -0.697. The Morgan fingerprint density at radius 1 is 0.762 bits per heavy atom. The van der Waals surface area contributed by atoms with Gasteiger partial charge in [0.2, 0.25) is 0 Å². The third-order valence-electron chi connectivity index (χ3n) is 3.77. The van der Waals surface area contributed by atoms with Crippen LogP contribution < -0.4 is 9.55 Å². The molecule has 0 aliphatic heterocycles. The molecule has 0 aromatic carbocycles. The van der Waals surface area contributed by atoms with Crippen LogP contribution in [0.1, 0.15) is 38.5 Å². The molecule has 2 rings (SSSR count). The van der Waals surface area contributed by atoms with E-state index in [1.54, 1.807) is 0 Å². The van der Waals surface area contributed by atoms with E-state index in [1.165, 1.54) is 49.7 Å². The van der Waals surface area contributed by atoms with Gasteiger partial charge in [-0.2, -0.15) is 12.6 Å². The number of aryl methyl sites for hydroxylation is 1. The van der Waals surface area contributed by atoms with Crippen molar-refractivity contribution in [2.45, 2.75) is 45.1 Å². The van der Waals surface area contributed by atoms with Crippen molar-refractivity contribution in [1.29, 1.82) is 0 Å². The number of aromatic nitrogens is 2. The van der Waals surface area contributed by atoms with Gasteiger partial charge in [-0.3, -0.25) is 0 Å². The Morgan fingerprint density at radius 3 is 2.00 bits per heavy atom. The summed E-state index contributed by atoms with van der Waals surface area (Å²) in [5, 5.41) is 0. The third-order valence-corrected chi connectivity index (χ3v) is 4.08. The summed E-state index contributed by atoms with van der Waals surface area (Å²) in [5.41, 5.74) is 2.53. The van der Waals surface area contributed by atoms with Crippen LogP contribution in [0.3, 0.4) is 0 Å². The number of nitrogens with one attached hydrogen (secondary N) is 1. The van der Waals surface area contributed by atoms with Crippen LogP contribution in [-0.2, 0) is 6.54 Å². The van der Waals surface area contributed by atoms with Crippen molar-refractivity contribution in [3.8, 4) is 11.1 Å². The molecule has 2 aromatic heterocycles. The molecule has 2 heterocycles. The van der Waals surface area contributed by atoms with E-state index in [-0.39, 0.29) is 0 Å². The second-order valence-corrected chi connectivity index (χ2v) is 5.91. The van der Waals surface area contributed by atoms with Gasteiger partial charge in [-0.1, -0.05) is 19.3 Å². The van der Waals surface area contributed by atoms with Gasteiger partial charge in [-0.05, 0) is 29.7 Å². The molecule has 0 radical (unpaired) electrons. The zero-order valence-corrected chi connectivity index (χ0v) is 13.6. The minimum absolute atomic E-state index is 1.03. The number of pyridine rings is 2. The van der Waals surface area contributed by atoms with Crippen LogP contribution in [-0.4, -0.2) is 5.75 Å². The molecule has 0 spiro atoms. The van der Waals surface area contributed by atoms with Gasteiger partial charge in [0.15, 0.2) is 24.8 Å². The molecule has 0 saturated carbocycles. The Hall–Kier alpha value is -1.35. The molecule has 0 fully saturated rings. The molecule has 0 amide bonds. The molecule has 1 N–H and O–H groups in total. The van der Waals surface area contributed by atoms with Gasteiger partial charge in [-0.15, -0.1) is 0 Å². The van der Waals surface area contributed by atoms with Crippen molar-refractivity contribution in [3.05, 3.63) is 49.1 Å². The molecule has 0 saturated heterocycles. The zero-order chi connectivity index (χ0) is 14.8. The number of nitrogens with zero attached hydrogens (tertiary/aromatic N) is 1. The van der Waals surface area contributed by atoms with E-state index < -0.39 is 0 Å². The molecule has 0 aliphatic carbocycles. The van der Waals surface area contributed by atoms with Gasteiger partial charge in [-0.25, -0.2) is 9.55 Å². The molecule has 112 valence electrons. The first-order valence-electron chi connectivity index (χ1n) is 7.96. The largest absolute Gasteiger partial charge is 0.218 e. The third kappa shape index (κ3) is 5.88. The van der Waals surface area contributed by atoms with Crippen LogP contribution in [0.15, 0.2) is 49.1 Å². The SMILES string of the molecule is SCCCCCCCC[n+]1ccc(-c2cc[nH+]cc2)cc1. The predicted molar refractivity (Wildman–Crippen MR) is 90.2 cm³/mol. The summed E-state index contributed by atoms with van der Waals surface area (Å²) < 4.78 is 2.28. The van der Waals surface area contributed by atoms with E-state index in [2.05, 4.69) is 58.8 Å². The second kappa shape index (κ2) is 9.56. The van der Waals surface area contributed by atoms with E-state index in [0.717, 1.165) is 12.3 Å². The van der Waals surface area contributed by atoms with Crippen LogP contribution in [0.2, 0.25) is 0 Å². The number of H-pyrrole nitrogens is 1. The lowest BCUT2D eigenvalue weighted by Gasteiger charge is -2.01. The van der Waals surface area contributed by atoms with E-state index >= 15 is 0 Å². The van der Waals surface area contributed by atoms with Gasteiger partial charge in [0.05, 0.1) is 0 Å². The zero-order valence-electron chi connectivity index (χ0n) is 12.7. The minimum Gasteiger partial charge on any atom is -0.218 e. The molecular formula is C18H26N2S+2. The van der Waals surface area contributed by atoms with Crippen molar-refractivity contribution in [1.82, 2.24) is 0 Å². The summed E-state index contributed by atoms with van der Waals surface area (Å²) in [6.45, 7) is 1.12. The summed E-state index contributed by atoms with van der Waals surface area (Å²) in [5.74, 6) is 1.03. The first-order valence-corrected chi connectivity index (χ1v) is 8.60. The minimum atomic E-state index is 1.03. The summed E-state index contributed by atoms with van der Waals surface area (Å²) in [7, 11) is 0. The average Bonchev–Trinajstić information content (AvgIpc) is 2.55. The van der Waals surface area contributed by atoms with Crippen molar-refractivity contribution in [2.24, 2.45) is 0 Å². The fraction of sp³-hybridized carbons (Fsp3) is 0.444. The molecule has 0 unspecified atom stereocenters. The number of thiol groups is 1. The van der Waals surface area contributed by atoms with Gasteiger partial charge < -0.3 is 0 Å². The van der Waals surface area contributed by atoms with Gasteiger partial charge in [0, 0.05) is 30.7 Å². The molecule has 3 heteroatoms. The summed E-state index contributed by atoms with van der Waals surface area (Å²) in [6, 6.07) is 8.60. The second-order valence-electron chi connectivity index (χ2n) is 5.46. The number of hydrogen-bond donors (Lipinski definition) is 1. The number of rotatable bonds is 9. The quantitative estimate of drug-likeness (QED) is 0.413. The van der Waals surface area contributed by atoms with Gasteiger partial charge in [0.1, 0.15) is 6.54 Å². The molecule has 0 atom stereocenters. The van der Waals surface area contributed by atoms with Crippen LogP contribution >= 0.6 is 12.6 Å². The topological polar surface area (TPSA) is 18.0 Å². The van der Waals surface area contributed by atoms with Gasteiger partial charge in [0.25, 0.3) is 0 Å². The summed E-state index contributed by atoms with van der Waals surface area (Å²) >= 11 is 4.24. The van der Waals surface area contributed by atoms with Crippen molar-refractivity contribution in [3.63, 3.8) is 0 Å². The Morgan fingerprint density at radius 2 is 1.33 bits per heavy atom. The molecule has 2 nitrogen and oxygen atoms in total. The summed E-state index contributed by atoms with van der Waals surface area (Å²) in [4.78, 5) is 3.06. The van der Waals surface area contributed by atoms with E-state index in [1.807, 2.05) is 12.4 Å². The fourth-order valence-corrected chi connectivity index (χ4v) is 2.72. The highest BCUT2D eigenvalue weighted by atomic mass is 32.1. The first kappa shape index (κ1) is 16.0. The van der Waals surface area contributed by atoms with Crippen molar-refractivity contribution < 1.29 is 9.55 Å². The average molecular weight is 302 g/mol. The molecule has 21 heavy (non-hydrogen) atoms. The Labute approximate surface area is 133 Å². The smallest absolute Gasteiger partial charge is 0.169 e. The lowest BCUT2D eigenvalue weighted by atomic mass is 10.1. The molecule has 2 aromatic rings. The highest BCUT2D eigenvalue weighted by molar-refractivity contribution is 7.80. The highest BCUT2D eigenvalue weighted by Crippen LogP contribution is 2.15. The maximum atomic E-state index is 4.24. The van der Waals surface area contributed by atoms with Crippen molar-refractivity contribution >= 4 is 12.6 Å². The summed E-state index contributed by atoms with van der Waals surface area (Å²) in [6.07, 6.45) is 16.2. The maximum Gasteiger partial charge on any atom is 0.169 e. The van der Waals surface area contributed by atoms with Crippen LogP contribution in [0, 0.1) is 0 Å². The Bertz CT molecular complexity index is 496. The standard InChI is InChI=1S/C18H24N2S/c21-16-6-4-2-1-3-5-13-20-14-9-18(10-15-20)17-7-11-19-12-8-17/h7-12,14-15H,1-6,13,16H2/p+2. The Kier molecular flexibility index (Phi) is 7.30. The van der Waals surface area contributed by atoms with E-state index in [4.69, 9.17) is 0 Å². The van der Waals surface area contributed by atoms with Gasteiger partial charge >= 0.3 is 0 Å². The number of aromatic amines is 1. The molecule has 0 bridgehead atoms. The van der Waals surface area contributed by atoms with Crippen molar-refractivity contribution in [2.75, 3.05) is 5.75 Å². The lowest BCUT2D eigenvalue weighted by Crippen LogP contribution is -2.32. The van der Waals surface area contributed by atoms with Crippen LogP contribution in [0.4, 0.5) is 0 Å². The first-order chi connectivity index (χ1) is 10.4. The van der Waals surface area contributed by atoms with E-state index in [9.17, 15) is 0 Å². The van der Waals surface area contributed by atoms with Crippen LogP contribution in [0.5, 0.6) is 0 Å².